The van der Waals surface area contributed by atoms with Gasteiger partial charge in [0.1, 0.15) is 5.25 Å². The number of carboxylic acids is 1. The van der Waals surface area contributed by atoms with E-state index in [2.05, 4.69) is 15.5 Å². The van der Waals surface area contributed by atoms with E-state index in [0.29, 0.717) is 22.8 Å². The van der Waals surface area contributed by atoms with Crippen LogP contribution >= 0.6 is 11.8 Å². The molecule has 1 atom stereocenters. The number of nitrogens with zero attached hydrogens (tertiary/aromatic N) is 2. The van der Waals surface area contributed by atoms with Crippen LogP contribution in [0.5, 0.6) is 17.2 Å². The molecular weight excluding hydrogens is 350 g/mol. The van der Waals surface area contributed by atoms with Crippen LogP contribution in [0, 0.1) is 0 Å². The minimum absolute atomic E-state index is 0.250. The van der Waals surface area contributed by atoms with Crippen molar-refractivity contribution in [3.05, 3.63) is 17.7 Å². The molecule has 1 aromatic rings. The highest BCUT2D eigenvalue weighted by Gasteiger charge is 2.32. The molecule has 1 saturated heterocycles. The summed E-state index contributed by atoms with van der Waals surface area (Å²) < 4.78 is 15.7. The van der Waals surface area contributed by atoms with Gasteiger partial charge in [-0.2, -0.15) is 5.10 Å². The van der Waals surface area contributed by atoms with Gasteiger partial charge in [-0.1, -0.05) is 11.8 Å². The summed E-state index contributed by atoms with van der Waals surface area (Å²) in [6, 6.07) is 3.39. The molecule has 1 fully saturated rings. The zero-order valence-corrected chi connectivity index (χ0v) is 14.6. The molecule has 0 radical (unpaired) electrons. The van der Waals surface area contributed by atoms with Crippen molar-refractivity contribution in [3.63, 3.8) is 0 Å². The molecule has 1 aliphatic rings. The van der Waals surface area contributed by atoms with Crippen LogP contribution in [0.4, 0.5) is 0 Å². The summed E-state index contributed by atoms with van der Waals surface area (Å²) in [4.78, 5) is 22.3. The Morgan fingerprint density at radius 3 is 2.44 bits per heavy atom. The summed E-state index contributed by atoms with van der Waals surface area (Å²) in [6.07, 6.45) is 1.18. The first-order valence-electron chi connectivity index (χ1n) is 7.08. The maximum atomic E-state index is 11.6. The van der Waals surface area contributed by atoms with Crippen LogP contribution in [0.15, 0.2) is 22.3 Å². The normalized spacial score (nSPS) is 18.4. The Labute approximate surface area is 148 Å². The maximum Gasteiger partial charge on any atom is 0.305 e. The molecule has 0 unspecified atom stereocenters. The fraction of sp³-hybridized carbons (Fsp3) is 0.333. The van der Waals surface area contributed by atoms with Gasteiger partial charge in [-0.15, -0.1) is 5.10 Å². The van der Waals surface area contributed by atoms with Crippen molar-refractivity contribution < 1.29 is 28.9 Å². The lowest BCUT2D eigenvalue weighted by atomic mass is 10.2. The summed E-state index contributed by atoms with van der Waals surface area (Å²) in [6.45, 7) is 0. The Balaban J connectivity index is 2.14. The summed E-state index contributed by atoms with van der Waals surface area (Å²) >= 11 is 1.03. The Bertz CT molecular complexity index is 709. The Kier molecular flexibility index (Phi) is 6.23. The predicted molar refractivity (Wildman–Crippen MR) is 92.9 cm³/mol. The van der Waals surface area contributed by atoms with Crippen LogP contribution in [0.3, 0.4) is 0 Å². The first kappa shape index (κ1) is 18.6. The third kappa shape index (κ3) is 4.63. The molecule has 1 aliphatic heterocycles. The molecule has 0 saturated carbocycles. The molecule has 0 aliphatic carbocycles. The van der Waals surface area contributed by atoms with E-state index >= 15 is 0 Å². The highest BCUT2D eigenvalue weighted by Crippen LogP contribution is 2.37. The van der Waals surface area contributed by atoms with Crippen molar-refractivity contribution in [1.29, 1.82) is 0 Å². The van der Waals surface area contributed by atoms with Crippen LogP contribution in [-0.4, -0.2) is 54.9 Å². The number of amidine groups is 1. The van der Waals surface area contributed by atoms with Gasteiger partial charge < -0.3 is 24.6 Å². The minimum Gasteiger partial charge on any atom is -0.493 e. The molecule has 0 aromatic heterocycles. The smallest absolute Gasteiger partial charge is 0.305 e. The number of thioether (sulfide) groups is 1. The van der Waals surface area contributed by atoms with E-state index in [1.54, 1.807) is 12.1 Å². The van der Waals surface area contributed by atoms with Crippen LogP contribution in [0.1, 0.15) is 12.0 Å². The molecule has 9 nitrogen and oxygen atoms in total. The second-order valence-corrected chi connectivity index (χ2v) is 5.99. The number of hydrogen-bond donors (Lipinski definition) is 2. The number of hydrogen-bond acceptors (Lipinski definition) is 8. The number of nitrogens with one attached hydrogen (secondary N) is 1. The van der Waals surface area contributed by atoms with Gasteiger partial charge in [0.15, 0.2) is 16.7 Å². The van der Waals surface area contributed by atoms with Gasteiger partial charge in [0.2, 0.25) is 11.7 Å². The average Bonchev–Trinajstić information content (AvgIpc) is 2.92. The van der Waals surface area contributed by atoms with Gasteiger partial charge in [-0.25, -0.2) is 0 Å². The van der Waals surface area contributed by atoms with Gasteiger partial charge in [0, 0.05) is 5.56 Å². The third-order valence-corrected chi connectivity index (χ3v) is 4.25. The zero-order valence-electron chi connectivity index (χ0n) is 13.8. The van der Waals surface area contributed by atoms with E-state index in [0.717, 1.165) is 11.8 Å². The molecular formula is C15H17N3O6S. The lowest BCUT2D eigenvalue weighted by molar-refractivity contribution is -0.138. The van der Waals surface area contributed by atoms with Crippen LogP contribution in [0.2, 0.25) is 0 Å². The summed E-state index contributed by atoms with van der Waals surface area (Å²) in [5.74, 6) is -0.0328. The average molecular weight is 367 g/mol. The Morgan fingerprint density at radius 2 is 1.92 bits per heavy atom. The second kappa shape index (κ2) is 8.38. The fourth-order valence-corrected chi connectivity index (χ4v) is 2.98. The van der Waals surface area contributed by atoms with Crippen LogP contribution < -0.4 is 19.5 Å². The van der Waals surface area contributed by atoms with Crippen molar-refractivity contribution in [2.45, 2.75) is 11.7 Å². The number of amides is 1. The number of carbonyl (C=O) groups is 2. The molecule has 2 rings (SSSR count). The van der Waals surface area contributed by atoms with E-state index < -0.39 is 17.1 Å². The van der Waals surface area contributed by atoms with E-state index in [1.165, 1.54) is 27.5 Å². The summed E-state index contributed by atoms with van der Waals surface area (Å²) in [5, 5.41) is 18.6. The number of ether oxygens (including phenoxy) is 3. The largest absolute Gasteiger partial charge is 0.493 e. The Morgan fingerprint density at radius 1 is 1.28 bits per heavy atom. The van der Waals surface area contributed by atoms with Gasteiger partial charge in [0.05, 0.1) is 34.0 Å². The summed E-state index contributed by atoms with van der Waals surface area (Å²) in [7, 11) is 4.52. The van der Waals surface area contributed by atoms with Crippen LogP contribution in [-0.2, 0) is 9.59 Å². The number of rotatable bonds is 7. The number of aliphatic carboxylic acids is 1. The van der Waals surface area contributed by atoms with Crippen molar-refractivity contribution in [2.24, 2.45) is 10.2 Å². The molecule has 0 bridgehead atoms. The van der Waals surface area contributed by atoms with Crippen molar-refractivity contribution >= 4 is 35.0 Å². The predicted octanol–water partition coefficient (Wildman–Crippen LogP) is 1.11. The van der Waals surface area contributed by atoms with Gasteiger partial charge >= 0.3 is 5.97 Å². The number of methoxy groups -OCH3 is 3. The molecule has 10 heteroatoms. The minimum atomic E-state index is -1.05. The number of carbonyl (C=O) groups excluding carboxylic acids is 1. The monoisotopic (exact) mass is 367 g/mol. The highest BCUT2D eigenvalue weighted by molar-refractivity contribution is 8.15. The fourth-order valence-electron chi connectivity index (χ4n) is 2.07. The third-order valence-electron chi connectivity index (χ3n) is 3.18. The lowest BCUT2D eigenvalue weighted by Gasteiger charge is -2.12. The molecule has 2 N–H and O–H groups in total. The molecule has 0 spiro atoms. The number of carboxylic acid groups (broad SMARTS) is 1. The maximum absolute atomic E-state index is 11.6. The van der Waals surface area contributed by atoms with E-state index in [9.17, 15) is 9.59 Å². The van der Waals surface area contributed by atoms with Crippen molar-refractivity contribution in [2.75, 3.05) is 21.3 Å². The van der Waals surface area contributed by atoms with Crippen molar-refractivity contribution in [1.82, 2.24) is 5.32 Å². The standard InChI is InChI=1S/C15H17N3O6S/c1-22-9-4-8(5-10(23-2)13(9)24-3)7-16-18-15-17-14(21)11(25-15)6-12(19)20/h4-5,7,11H,6H2,1-3H3,(H,19,20)(H,17,18,21)/b16-7+/t11-/m1/s1. The first-order chi connectivity index (χ1) is 12.0. The summed E-state index contributed by atoms with van der Waals surface area (Å²) in [5.41, 5.74) is 0.648. The SMILES string of the molecule is COc1cc(/C=N/N=C2/NC(=O)[C@@H](CC(=O)O)S2)cc(OC)c1OC. The van der Waals surface area contributed by atoms with Crippen molar-refractivity contribution in [3.8, 4) is 17.2 Å². The topological polar surface area (TPSA) is 119 Å². The van der Waals surface area contributed by atoms with Gasteiger partial charge in [0.25, 0.3) is 0 Å². The second-order valence-electron chi connectivity index (χ2n) is 4.80. The van der Waals surface area contributed by atoms with Gasteiger partial charge in [-0.05, 0) is 12.1 Å². The quantitative estimate of drug-likeness (QED) is 0.547. The van der Waals surface area contributed by atoms with Gasteiger partial charge in [-0.3, -0.25) is 9.59 Å². The Hall–Kier alpha value is -2.75. The lowest BCUT2D eigenvalue weighted by Crippen LogP contribution is -2.26. The first-order valence-corrected chi connectivity index (χ1v) is 7.96. The highest BCUT2D eigenvalue weighted by atomic mass is 32.2. The molecule has 1 amide bonds. The van der Waals surface area contributed by atoms with Crippen LogP contribution in [0.25, 0.3) is 0 Å². The molecule has 25 heavy (non-hydrogen) atoms. The molecule has 1 heterocycles. The van der Waals surface area contributed by atoms with E-state index in [1.807, 2.05) is 0 Å². The zero-order chi connectivity index (χ0) is 18.4. The number of benzene rings is 1. The van der Waals surface area contributed by atoms with E-state index in [-0.39, 0.29) is 11.6 Å². The van der Waals surface area contributed by atoms with E-state index in [4.69, 9.17) is 19.3 Å². The molecule has 1 aromatic carbocycles. The molecule has 134 valence electrons.